The molecule has 0 saturated heterocycles. The number of pyridine rings is 1. The van der Waals surface area contributed by atoms with Gasteiger partial charge in [0.15, 0.2) is 5.78 Å². The lowest BCUT2D eigenvalue weighted by Gasteiger charge is -2.14. The smallest absolute Gasteiger partial charge is 0.220 e. The van der Waals surface area contributed by atoms with Gasteiger partial charge in [-0.2, -0.15) is 0 Å². The summed E-state index contributed by atoms with van der Waals surface area (Å²) in [6.45, 7) is 4.53. The van der Waals surface area contributed by atoms with Crippen molar-refractivity contribution in [3.63, 3.8) is 0 Å². The van der Waals surface area contributed by atoms with Crippen LogP contribution in [0.25, 0.3) is 0 Å². The number of unbranched alkanes of at least 4 members (excludes halogenated alkanes) is 3. The van der Waals surface area contributed by atoms with Gasteiger partial charge in [-0.15, -0.1) is 0 Å². The number of amides is 1. The van der Waals surface area contributed by atoms with Gasteiger partial charge >= 0.3 is 0 Å². The maximum Gasteiger partial charge on any atom is 0.220 e. The number of aryl methyl sites for hydroxylation is 1. The maximum atomic E-state index is 12.0. The number of nitrogens with zero attached hydrogens (tertiary/aromatic N) is 1. The fourth-order valence-corrected chi connectivity index (χ4v) is 3.61. The number of hydrogen-bond acceptors (Lipinski definition) is 5. The number of phenols is 1. The van der Waals surface area contributed by atoms with Gasteiger partial charge in [-0.05, 0) is 62.8 Å². The van der Waals surface area contributed by atoms with Gasteiger partial charge in [0.1, 0.15) is 11.5 Å². The molecule has 0 saturated carbocycles. The Bertz CT molecular complexity index is 852. The Morgan fingerprint density at radius 3 is 2.59 bits per heavy atom. The van der Waals surface area contributed by atoms with Gasteiger partial charge in [0.05, 0.1) is 12.2 Å². The number of phenolic OH excluding ortho intramolecular Hbond substituents is 1. The molecular formula is C26H36N2O4. The molecule has 0 fully saturated rings. The molecule has 0 aliphatic heterocycles. The molecule has 6 nitrogen and oxygen atoms in total. The molecule has 2 rings (SSSR count). The van der Waals surface area contributed by atoms with Crippen LogP contribution in [-0.4, -0.2) is 34.9 Å². The Morgan fingerprint density at radius 2 is 1.88 bits per heavy atom. The molecule has 6 heteroatoms. The normalized spacial score (nSPS) is 10.7. The second-order valence-electron chi connectivity index (χ2n) is 8.07. The van der Waals surface area contributed by atoms with Crippen molar-refractivity contribution in [3.8, 4) is 11.5 Å². The molecule has 0 radical (unpaired) electrons. The van der Waals surface area contributed by atoms with Crippen LogP contribution in [0, 0.1) is 0 Å². The van der Waals surface area contributed by atoms with Crippen LogP contribution in [0.4, 0.5) is 0 Å². The molecule has 0 aliphatic carbocycles. The van der Waals surface area contributed by atoms with E-state index in [2.05, 4.69) is 16.4 Å². The molecule has 0 spiro atoms. The van der Waals surface area contributed by atoms with E-state index in [0.29, 0.717) is 49.3 Å². The lowest BCUT2D eigenvalue weighted by Crippen LogP contribution is -2.24. The summed E-state index contributed by atoms with van der Waals surface area (Å²) < 4.78 is 5.81. The van der Waals surface area contributed by atoms with E-state index in [9.17, 15) is 14.7 Å². The van der Waals surface area contributed by atoms with Gasteiger partial charge in [-0.25, -0.2) is 0 Å². The first kappa shape index (κ1) is 25.4. The van der Waals surface area contributed by atoms with Crippen LogP contribution in [0.15, 0.2) is 36.7 Å². The zero-order valence-electron chi connectivity index (χ0n) is 19.4. The van der Waals surface area contributed by atoms with Gasteiger partial charge in [-0.1, -0.05) is 32.3 Å². The largest absolute Gasteiger partial charge is 0.507 e. The van der Waals surface area contributed by atoms with Crippen molar-refractivity contribution in [2.75, 3.05) is 13.2 Å². The molecule has 1 heterocycles. The second kappa shape index (κ2) is 14.2. The summed E-state index contributed by atoms with van der Waals surface area (Å²) in [5.74, 6) is 0.458. The van der Waals surface area contributed by atoms with E-state index in [0.717, 1.165) is 38.5 Å². The van der Waals surface area contributed by atoms with Crippen molar-refractivity contribution >= 4 is 11.7 Å². The molecule has 1 aromatic heterocycles. The molecule has 0 unspecified atom stereocenters. The summed E-state index contributed by atoms with van der Waals surface area (Å²) >= 11 is 0. The summed E-state index contributed by atoms with van der Waals surface area (Å²) in [5, 5.41) is 13.3. The summed E-state index contributed by atoms with van der Waals surface area (Å²) in [6.07, 6.45) is 11.6. The Morgan fingerprint density at radius 1 is 1.06 bits per heavy atom. The summed E-state index contributed by atoms with van der Waals surface area (Å²) in [5.41, 5.74) is 2.25. The number of carbonyl (C=O) groups is 2. The molecular weight excluding hydrogens is 404 g/mol. The van der Waals surface area contributed by atoms with E-state index in [-0.39, 0.29) is 17.4 Å². The van der Waals surface area contributed by atoms with Crippen molar-refractivity contribution in [3.05, 3.63) is 53.3 Å². The topological polar surface area (TPSA) is 88.5 Å². The van der Waals surface area contributed by atoms with E-state index in [4.69, 9.17) is 4.74 Å². The second-order valence-corrected chi connectivity index (χ2v) is 8.07. The van der Waals surface area contributed by atoms with E-state index in [1.165, 1.54) is 12.5 Å². The highest BCUT2D eigenvalue weighted by Crippen LogP contribution is 2.33. The van der Waals surface area contributed by atoms with Crippen LogP contribution in [-0.2, 0) is 17.6 Å². The SMILES string of the molecule is CCCc1c(OCCCC(=O)NCCCCCCc2cccnc2)ccc(C(C)=O)c1O. The lowest BCUT2D eigenvalue weighted by atomic mass is 10.0. The van der Waals surface area contributed by atoms with Crippen LogP contribution in [0.5, 0.6) is 11.5 Å². The first-order valence-electron chi connectivity index (χ1n) is 11.7. The average molecular weight is 441 g/mol. The van der Waals surface area contributed by atoms with Crippen LogP contribution >= 0.6 is 0 Å². The Kier molecular flexibility index (Phi) is 11.3. The lowest BCUT2D eigenvalue weighted by molar-refractivity contribution is -0.121. The molecule has 0 aliphatic rings. The van der Waals surface area contributed by atoms with Gasteiger partial charge in [0, 0.05) is 30.9 Å². The fraction of sp³-hybridized carbons (Fsp3) is 0.500. The molecule has 32 heavy (non-hydrogen) atoms. The number of aromatic hydroxyl groups is 1. The van der Waals surface area contributed by atoms with E-state index in [1.54, 1.807) is 18.3 Å². The summed E-state index contributed by atoms with van der Waals surface area (Å²) in [4.78, 5) is 27.8. The number of carbonyl (C=O) groups excluding carboxylic acids is 2. The number of Topliss-reactive ketones (excluding diaryl/α,β-unsaturated/α-hetero) is 1. The average Bonchev–Trinajstić information content (AvgIpc) is 2.78. The summed E-state index contributed by atoms with van der Waals surface area (Å²) in [6, 6.07) is 7.39. The zero-order chi connectivity index (χ0) is 23.2. The molecule has 2 aromatic rings. The number of aromatic nitrogens is 1. The molecule has 1 aromatic carbocycles. The van der Waals surface area contributed by atoms with Crippen molar-refractivity contribution in [2.24, 2.45) is 0 Å². The number of ketones is 1. The highest BCUT2D eigenvalue weighted by atomic mass is 16.5. The summed E-state index contributed by atoms with van der Waals surface area (Å²) in [7, 11) is 0. The predicted molar refractivity (Wildman–Crippen MR) is 126 cm³/mol. The first-order chi connectivity index (χ1) is 15.5. The van der Waals surface area contributed by atoms with E-state index in [1.807, 2.05) is 19.2 Å². The minimum Gasteiger partial charge on any atom is -0.507 e. The maximum absolute atomic E-state index is 12.0. The third-order valence-corrected chi connectivity index (χ3v) is 5.36. The predicted octanol–water partition coefficient (Wildman–Crippen LogP) is 5.02. The zero-order valence-corrected chi connectivity index (χ0v) is 19.4. The number of nitrogens with one attached hydrogen (secondary N) is 1. The van der Waals surface area contributed by atoms with E-state index >= 15 is 0 Å². The van der Waals surface area contributed by atoms with Crippen LogP contribution in [0.3, 0.4) is 0 Å². The van der Waals surface area contributed by atoms with Gasteiger partial charge in [-0.3, -0.25) is 14.6 Å². The number of ether oxygens (including phenoxy) is 1. The highest BCUT2D eigenvalue weighted by Gasteiger charge is 2.15. The van der Waals surface area contributed by atoms with Gasteiger partial charge < -0.3 is 15.2 Å². The first-order valence-corrected chi connectivity index (χ1v) is 11.7. The molecule has 174 valence electrons. The highest BCUT2D eigenvalue weighted by molar-refractivity contribution is 5.97. The molecule has 1 amide bonds. The molecule has 2 N–H and O–H groups in total. The van der Waals surface area contributed by atoms with Crippen molar-refractivity contribution in [1.82, 2.24) is 10.3 Å². The van der Waals surface area contributed by atoms with E-state index < -0.39 is 0 Å². The Labute approximate surface area is 191 Å². The van der Waals surface area contributed by atoms with Crippen LogP contribution in [0.2, 0.25) is 0 Å². The monoisotopic (exact) mass is 440 g/mol. The third-order valence-electron chi connectivity index (χ3n) is 5.36. The molecule has 0 atom stereocenters. The minimum atomic E-state index is -0.170. The third kappa shape index (κ3) is 8.69. The minimum absolute atomic E-state index is 0.00929. The number of hydrogen-bond donors (Lipinski definition) is 2. The number of rotatable bonds is 15. The number of benzene rings is 1. The standard InChI is InChI=1S/C26H36N2O4/c1-3-10-23-24(15-14-22(20(2)29)26(23)31)32-18-9-13-25(30)28-17-7-5-4-6-11-21-12-8-16-27-19-21/h8,12,14-16,19,31H,3-7,9-11,13,17-18H2,1-2H3,(H,28,30). The van der Waals surface area contributed by atoms with Crippen LogP contribution in [0.1, 0.15) is 80.3 Å². The van der Waals surface area contributed by atoms with Crippen LogP contribution < -0.4 is 10.1 Å². The quantitative estimate of drug-likeness (QED) is 0.300. The van der Waals surface area contributed by atoms with Gasteiger partial charge in [0.25, 0.3) is 0 Å². The fourth-order valence-electron chi connectivity index (χ4n) is 3.61. The Balaban J connectivity index is 1.59. The Hall–Kier alpha value is -2.89. The molecule has 0 bridgehead atoms. The van der Waals surface area contributed by atoms with Crippen molar-refractivity contribution < 1.29 is 19.4 Å². The van der Waals surface area contributed by atoms with Crippen molar-refractivity contribution in [2.45, 2.75) is 71.6 Å². The van der Waals surface area contributed by atoms with Gasteiger partial charge in [0.2, 0.25) is 5.91 Å². The van der Waals surface area contributed by atoms with Crippen molar-refractivity contribution in [1.29, 1.82) is 0 Å².